The second kappa shape index (κ2) is 7.14. The van der Waals surface area contributed by atoms with Gasteiger partial charge in [0.15, 0.2) is 5.82 Å². The van der Waals surface area contributed by atoms with Crippen molar-refractivity contribution < 1.29 is 14.2 Å². The Morgan fingerprint density at radius 3 is 2.87 bits per heavy atom. The first-order chi connectivity index (χ1) is 11.3. The molecule has 0 bridgehead atoms. The van der Waals surface area contributed by atoms with Crippen molar-refractivity contribution in [1.29, 1.82) is 0 Å². The Morgan fingerprint density at radius 2 is 2.13 bits per heavy atom. The van der Waals surface area contributed by atoms with E-state index in [4.69, 9.17) is 14.2 Å². The maximum absolute atomic E-state index is 5.55. The van der Waals surface area contributed by atoms with Gasteiger partial charge in [0.05, 0.1) is 20.3 Å². The molecule has 6 nitrogen and oxygen atoms in total. The van der Waals surface area contributed by atoms with E-state index in [0.29, 0.717) is 6.61 Å². The van der Waals surface area contributed by atoms with Crippen molar-refractivity contribution in [2.24, 2.45) is 0 Å². The fraction of sp³-hybridized carbons (Fsp3) is 0.500. The third-order valence-corrected chi connectivity index (χ3v) is 4.82. The molecule has 1 aromatic heterocycles. The first-order valence-electron chi connectivity index (χ1n) is 7.57. The zero-order valence-corrected chi connectivity index (χ0v) is 14.4. The van der Waals surface area contributed by atoms with Crippen molar-refractivity contribution in [2.75, 3.05) is 32.8 Å². The molecule has 124 valence electrons. The number of benzene rings is 1. The van der Waals surface area contributed by atoms with Crippen molar-refractivity contribution in [1.82, 2.24) is 9.36 Å². The van der Waals surface area contributed by atoms with Crippen LogP contribution in [0, 0.1) is 0 Å². The maximum atomic E-state index is 5.55. The van der Waals surface area contributed by atoms with E-state index in [2.05, 4.69) is 20.3 Å². The molecule has 3 rings (SSSR count). The fourth-order valence-electron chi connectivity index (χ4n) is 2.97. The van der Waals surface area contributed by atoms with Crippen LogP contribution in [-0.4, -0.2) is 37.2 Å². The Kier molecular flexibility index (Phi) is 4.97. The Morgan fingerprint density at radius 1 is 1.26 bits per heavy atom. The molecule has 2 aromatic rings. The summed E-state index contributed by atoms with van der Waals surface area (Å²) in [6.07, 6.45) is 2.17. The van der Waals surface area contributed by atoms with E-state index in [9.17, 15) is 0 Å². The molecule has 0 aliphatic carbocycles. The van der Waals surface area contributed by atoms with Crippen LogP contribution in [0.15, 0.2) is 18.2 Å². The van der Waals surface area contributed by atoms with E-state index in [1.165, 1.54) is 11.5 Å². The van der Waals surface area contributed by atoms with Gasteiger partial charge >= 0.3 is 0 Å². The molecule has 0 amide bonds. The van der Waals surface area contributed by atoms with E-state index < -0.39 is 0 Å². The Balaban J connectivity index is 1.91. The minimum atomic E-state index is 0.225. The number of ether oxygens (including phenoxy) is 3. The van der Waals surface area contributed by atoms with Crippen LogP contribution in [0.1, 0.15) is 30.3 Å². The van der Waals surface area contributed by atoms with Gasteiger partial charge in [-0.3, -0.25) is 0 Å². The van der Waals surface area contributed by atoms with Gasteiger partial charge in [-0.15, -0.1) is 0 Å². The monoisotopic (exact) mass is 335 g/mol. The summed E-state index contributed by atoms with van der Waals surface area (Å²) >= 11 is 1.42. The number of hydrogen-bond donors (Lipinski definition) is 0. The van der Waals surface area contributed by atoms with Gasteiger partial charge in [0.2, 0.25) is 5.13 Å². The smallest absolute Gasteiger partial charge is 0.205 e. The normalized spacial score (nSPS) is 17.5. The topological polar surface area (TPSA) is 56.7 Å². The van der Waals surface area contributed by atoms with Crippen LogP contribution in [0.3, 0.4) is 0 Å². The SMILES string of the molecule is COCc1nsc(N2CCCC2c2cc(OC)ccc2OC)n1. The van der Waals surface area contributed by atoms with Crippen LogP contribution in [0.2, 0.25) is 0 Å². The second-order valence-corrected chi connectivity index (χ2v) is 6.12. The van der Waals surface area contributed by atoms with Crippen molar-refractivity contribution in [2.45, 2.75) is 25.5 Å². The first-order valence-corrected chi connectivity index (χ1v) is 8.34. The minimum Gasteiger partial charge on any atom is -0.497 e. The summed E-state index contributed by atoms with van der Waals surface area (Å²) in [6, 6.07) is 6.16. The lowest BCUT2D eigenvalue weighted by Gasteiger charge is -2.25. The first kappa shape index (κ1) is 16.0. The zero-order chi connectivity index (χ0) is 16.2. The lowest BCUT2D eigenvalue weighted by atomic mass is 10.0. The minimum absolute atomic E-state index is 0.225. The van der Waals surface area contributed by atoms with Gasteiger partial charge in [-0.2, -0.15) is 4.37 Å². The highest BCUT2D eigenvalue weighted by Crippen LogP contribution is 2.41. The third kappa shape index (κ3) is 3.25. The molecular formula is C16H21N3O3S. The molecule has 7 heteroatoms. The number of nitrogens with zero attached hydrogens (tertiary/aromatic N) is 3. The molecule has 1 aliphatic rings. The van der Waals surface area contributed by atoms with E-state index in [1.807, 2.05) is 12.1 Å². The van der Waals surface area contributed by atoms with Gasteiger partial charge in [0.1, 0.15) is 18.1 Å². The highest BCUT2D eigenvalue weighted by molar-refractivity contribution is 7.09. The van der Waals surface area contributed by atoms with Gasteiger partial charge in [-0.05, 0) is 31.0 Å². The van der Waals surface area contributed by atoms with E-state index in [-0.39, 0.29) is 6.04 Å². The van der Waals surface area contributed by atoms with Gasteiger partial charge in [-0.25, -0.2) is 4.98 Å². The van der Waals surface area contributed by atoms with Crippen molar-refractivity contribution in [3.05, 3.63) is 29.6 Å². The van der Waals surface area contributed by atoms with Crippen LogP contribution in [0.25, 0.3) is 0 Å². The standard InChI is InChI=1S/C16H21N3O3S/c1-20-10-15-17-16(23-18-15)19-8-4-5-13(19)12-9-11(21-2)6-7-14(12)22-3/h6-7,9,13H,4-5,8,10H2,1-3H3. The fourth-order valence-corrected chi connectivity index (χ4v) is 3.72. The summed E-state index contributed by atoms with van der Waals surface area (Å²) in [6.45, 7) is 1.41. The van der Waals surface area contributed by atoms with Crippen molar-refractivity contribution >= 4 is 16.7 Å². The molecule has 1 aromatic carbocycles. The van der Waals surface area contributed by atoms with E-state index >= 15 is 0 Å². The Hall–Kier alpha value is -1.86. The molecule has 1 atom stereocenters. The van der Waals surface area contributed by atoms with Crippen LogP contribution < -0.4 is 14.4 Å². The van der Waals surface area contributed by atoms with Gasteiger partial charge < -0.3 is 19.1 Å². The number of rotatable bonds is 6. The number of hydrogen-bond acceptors (Lipinski definition) is 7. The lowest BCUT2D eigenvalue weighted by molar-refractivity contribution is 0.179. The number of anilines is 1. The van der Waals surface area contributed by atoms with Crippen LogP contribution in [0.5, 0.6) is 11.5 Å². The molecule has 23 heavy (non-hydrogen) atoms. The molecule has 1 aliphatic heterocycles. The highest BCUT2D eigenvalue weighted by Gasteiger charge is 2.31. The molecule has 0 N–H and O–H groups in total. The maximum Gasteiger partial charge on any atom is 0.205 e. The lowest BCUT2D eigenvalue weighted by Crippen LogP contribution is -2.23. The van der Waals surface area contributed by atoms with Crippen molar-refractivity contribution in [3.8, 4) is 11.5 Å². The van der Waals surface area contributed by atoms with Gasteiger partial charge in [0.25, 0.3) is 0 Å². The Labute approximate surface area is 140 Å². The van der Waals surface area contributed by atoms with Crippen LogP contribution in [0.4, 0.5) is 5.13 Å². The summed E-state index contributed by atoms with van der Waals surface area (Å²) in [5.41, 5.74) is 1.13. The quantitative estimate of drug-likeness (QED) is 0.809. The predicted molar refractivity (Wildman–Crippen MR) is 89.5 cm³/mol. The summed E-state index contributed by atoms with van der Waals surface area (Å²) in [5.74, 6) is 2.45. The average molecular weight is 335 g/mol. The Bertz CT molecular complexity index is 662. The van der Waals surface area contributed by atoms with E-state index in [0.717, 1.165) is 47.4 Å². The molecule has 0 saturated carbocycles. The largest absolute Gasteiger partial charge is 0.497 e. The summed E-state index contributed by atoms with van der Waals surface area (Å²) in [4.78, 5) is 6.89. The van der Waals surface area contributed by atoms with E-state index in [1.54, 1.807) is 21.3 Å². The molecule has 1 fully saturated rings. The van der Waals surface area contributed by atoms with Crippen LogP contribution in [-0.2, 0) is 11.3 Å². The highest BCUT2D eigenvalue weighted by atomic mass is 32.1. The third-order valence-electron chi connectivity index (χ3n) is 4.03. The zero-order valence-electron chi connectivity index (χ0n) is 13.6. The number of methoxy groups -OCH3 is 3. The summed E-state index contributed by atoms with van der Waals surface area (Å²) in [7, 11) is 5.03. The molecule has 1 unspecified atom stereocenters. The molecular weight excluding hydrogens is 314 g/mol. The molecule has 2 heterocycles. The molecule has 0 spiro atoms. The average Bonchev–Trinajstić information content (AvgIpc) is 3.23. The molecule has 0 radical (unpaired) electrons. The summed E-state index contributed by atoms with van der Waals surface area (Å²) < 4.78 is 20.4. The van der Waals surface area contributed by atoms with Crippen LogP contribution >= 0.6 is 11.5 Å². The van der Waals surface area contributed by atoms with Gasteiger partial charge in [-0.1, -0.05) is 0 Å². The summed E-state index contributed by atoms with van der Waals surface area (Å²) in [5, 5.41) is 0.935. The molecule has 1 saturated heterocycles. The van der Waals surface area contributed by atoms with Crippen molar-refractivity contribution in [3.63, 3.8) is 0 Å². The second-order valence-electron chi connectivity index (χ2n) is 5.39. The number of aromatic nitrogens is 2. The predicted octanol–water partition coefficient (Wildman–Crippen LogP) is 3.04. The van der Waals surface area contributed by atoms with Gasteiger partial charge in [0, 0.05) is 30.8 Å².